The average Bonchev–Trinajstić information content (AvgIpc) is 3.20. The van der Waals surface area contributed by atoms with E-state index >= 15 is 0 Å². The molecule has 3 atom stereocenters. The Morgan fingerprint density at radius 3 is 1.40 bits per heavy atom. The number of likely N-dealkylation sites (N-methyl/N-ethyl adjacent to an activating group) is 1. The summed E-state index contributed by atoms with van der Waals surface area (Å²) in [6.45, 7) is 4.79. The van der Waals surface area contributed by atoms with Gasteiger partial charge in [0.05, 0.1) is 39.9 Å². The molecule has 0 aliphatic rings. The molecule has 0 rings (SSSR count). The quantitative estimate of drug-likeness (QED) is 0.0244. The highest BCUT2D eigenvalue weighted by Gasteiger charge is 2.27. The van der Waals surface area contributed by atoms with Gasteiger partial charge in [0, 0.05) is 6.42 Å². The van der Waals surface area contributed by atoms with E-state index in [-0.39, 0.29) is 19.1 Å². The van der Waals surface area contributed by atoms with E-state index in [0.717, 1.165) is 64.2 Å². The molecule has 9 heteroatoms. The molecule has 0 bridgehead atoms. The number of phosphoric acid groups is 1. The lowest BCUT2D eigenvalue weighted by atomic mass is 10.0. The van der Waals surface area contributed by atoms with Crippen molar-refractivity contribution in [3.8, 4) is 0 Å². The molecule has 0 saturated heterocycles. The maximum atomic E-state index is 12.9. The Morgan fingerprint density at radius 2 is 0.950 bits per heavy atom. The second-order valence-corrected chi connectivity index (χ2v) is 20.0. The van der Waals surface area contributed by atoms with Crippen LogP contribution in [0.15, 0.2) is 36.5 Å². The Balaban J connectivity index is 4.30. The lowest BCUT2D eigenvalue weighted by Crippen LogP contribution is -2.45. The number of hydrogen-bond acceptors (Lipinski definition) is 5. The summed E-state index contributed by atoms with van der Waals surface area (Å²) in [7, 11) is 1.56. The minimum absolute atomic E-state index is 0.0586. The van der Waals surface area contributed by atoms with Gasteiger partial charge in [-0.3, -0.25) is 13.8 Å². The molecule has 0 heterocycles. The van der Waals surface area contributed by atoms with E-state index in [1.807, 2.05) is 27.2 Å². The molecular weight excluding hydrogens is 768 g/mol. The van der Waals surface area contributed by atoms with Crippen molar-refractivity contribution in [2.45, 2.75) is 244 Å². The van der Waals surface area contributed by atoms with Crippen LogP contribution in [0, 0.1) is 0 Å². The van der Waals surface area contributed by atoms with E-state index in [0.29, 0.717) is 17.4 Å². The van der Waals surface area contributed by atoms with Crippen LogP contribution in [0.2, 0.25) is 0 Å². The smallest absolute Gasteiger partial charge is 0.387 e. The molecule has 8 nitrogen and oxygen atoms in total. The number of aliphatic hydroxyl groups is 1. The van der Waals surface area contributed by atoms with Gasteiger partial charge in [0.2, 0.25) is 5.91 Å². The third-order valence-electron chi connectivity index (χ3n) is 11.4. The summed E-state index contributed by atoms with van der Waals surface area (Å²) in [5.74, 6) is -0.190. The highest BCUT2D eigenvalue weighted by atomic mass is 31.2. The van der Waals surface area contributed by atoms with E-state index in [2.05, 4.69) is 43.5 Å². The normalized spacial score (nSPS) is 14.4. The number of quaternary nitrogens is 1. The van der Waals surface area contributed by atoms with Gasteiger partial charge in [-0.1, -0.05) is 211 Å². The number of rotatable bonds is 46. The van der Waals surface area contributed by atoms with Gasteiger partial charge in [-0.05, 0) is 51.4 Å². The lowest BCUT2D eigenvalue weighted by Gasteiger charge is -2.25. The van der Waals surface area contributed by atoms with Gasteiger partial charge in [-0.25, -0.2) is 4.57 Å². The van der Waals surface area contributed by atoms with Crippen molar-refractivity contribution < 1.29 is 32.9 Å². The first-order chi connectivity index (χ1) is 29.0. The zero-order chi connectivity index (χ0) is 44.3. The summed E-state index contributed by atoms with van der Waals surface area (Å²) in [6, 6.07) is -0.853. The Morgan fingerprint density at radius 1 is 0.567 bits per heavy atom. The minimum Gasteiger partial charge on any atom is -0.387 e. The van der Waals surface area contributed by atoms with Crippen LogP contribution >= 0.6 is 7.82 Å². The highest BCUT2D eigenvalue weighted by Crippen LogP contribution is 2.43. The maximum absolute atomic E-state index is 12.9. The molecule has 0 saturated carbocycles. The third-order valence-corrected chi connectivity index (χ3v) is 12.3. The number of carbonyl (C=O) groups excluding carboxylic acids is 1. The first-order valence-electron chi connectivity index (χ1n) is 25.4. The number of aliphatic hydroxyl groups excluding tert-OH is 1. The van der Waals surface area contributed by atoms with E-state index in [9.17, 15) is 19.4 Å². The molecule has 3 unspecified atom stereocenters. The summed E-state index contributed by atoms with van der Waals surface area (Å²) in [5, 5.41) is 13.9. The second kappa shape index (κ2) is 43.0. The SMILES string of the molecule is CCCCC/C=C\C/C=C\CCCCCCCC(=O)NC(COP(=O)(O)OCC[N+](C)(C)C)C(O)/C=C/CCCCCCCCCCCCCCCCCCCCCCC. The number of phosphoric ester groups is 1. The Hall–Kier alpha value is -1.28. The first kappa shape index (κ1) is 58.7. The number of nitrogens with zero attached hydrogens (tertiary/aromatic N) is 1. The van der Waals surface area contributed by atoms with Crippen molar-refractivity contribution in [2.75, 3.05) is 40.9 Å². The second-order valence-electron chi connectivity index (χ2n) is 18.5. The summed E-state index contributed by atoms with van der Waals surface area (Å²) in [4.78, 5) is 23.2. The van der Waals surface area contributed by atoms with Gasteiger partial charge in [0.15, 0.2) is 0 Å². The van der Waals surface area contributed by atoms with Crippen LogP contribution in [-0.2, 0) is 18.4 Å². The zero-order valence-corrected chi connectivity index (χ0v) is 41.1. The van der Waals surface area contributed by atoms with Gasteiger partial charge >= 0.3 is 7.82 Å². The zero-order valence-electron chi connectivity index (χ0n) is 40.2. The van der Waals surface area contributed by atoms with E-state index in [1.54, 1.807) is 6.08 Å². The molecule has 0 aliphatic carbocycles. The molecule has 0 aromatic rings. The Labute approximate surface area is 372 Å². The topological polar surface area (TPSA) is 105 Å². The Kier molecular flexibility index (Phi) is 42.1. The highest BCUT2D eigenvalue weighted by molar-refractivity contribution is 7.47. The fourth-order valence-electron chi connectivity index (χ4n) is 7.31. The van der Waals surface area contributed by atoms with Gasteiger partial charge in [0.1, 0.15) is 13.2 Å². The first-order valence-corrected chi connectivity index (χ1v) is 26.9. The largest absolute Gasteiger partial charge is 0.472 e. The molecule has 354 valence electrons. The van der Waals surface area contributed by atoms with E-state index in [4.69, 9.17) is 9.05 Å². The molecule has 0 aromatic heterocycles. The fraction of sp³-hybridized carbons (Fsp3) is 0.863. The molecule has 1 amide bonds. The van der Waals surface area contributed by atoms with Crippen molar-refractivity contribution >= 4 is 13.7 Å². The van der Waals surface area contributed by atoms with E-state index < -0.39 is 20.0 Å². The number of nitrogens with one attached hydrogen (secondary N) is 1. The number of hydrogen-bond donors (Lipinski definition) is 3. The van der Waals surface area contributed by atoms with Gasteiger partial charge in [-0.15, -0.1) is 0 Å². The summed E-state index contributed by atoms with van der Waals surface area (Å²) in [5.41, 5.74) is 0. The summed E-state index contributed by atoms with van der Waals surface area (Å²) >= 11 is 0. The lowest BCUT2D eigenvalue weighted by molar-refractivity contribution is -0.870. The van der Waals surface area contributed by atoms with Gasteiger partial charge in [0.25, 0.3) is 0 Å². The average molecular weight is 868 g/mol. The standard InChI is InChI=1S/C51H99N2O6P/c1-6-8-10-12-14-16-18-20-22-23-24-25-26-27-28-29-31-32-34-36-38-40-42-44-50(54)49(48-59-60(56,57)58-47-46-53(3,4)5)52-51(55)45-43-41-39-37-35-33-30-21-19-17-15-13-11-9-7-2/h15,17,21,30,42,44,49-50,54H,6-14,16,18-20,22-29,31-41,43,45-48H2,1-5H3,(H-,52,55,56,57)/p+1/b17-15-,30-21-,44-42+. The number of allylic oxidation sites excluding steroid dienone is 5. The van der Waals surface area contributed by atoms with Crippen LogP contribution < -0.4 is 5.32 Å². The van der Waals surface area contributed by atoms with Crippen molar-refractivity contribution in [3.05, 3.63) is 36.5 Å². The number of carbonyl (C=O) groups is 1. The van der Waals surface area contributed by atoms with Crippen LogP contribution in [0.4, 0.5) is 0 Å². The van der Waals surface area contributed by atoms with Crippen LogP contribution in [0.3, 0.4) is 0 Å². The van der Waals surface area contributed by atoms with Crippen LogP contribution in [-0.4, -0.2) is 73.4 Å². The monoisotopic (exact) mass is 868 g/mol. The fourth-order valence-corrected chi connectivity index (χ4v) is 8.04. The molecular formula is C51H100N2O6P+. The molecule has 0 aromatic carbocycles. The summed E-state index contributed by atoms with van der Waals surface area (Å²) < 4.78 is 23.6. The van der Waals surface area contributed by atoms with Gasteiger partial charge in [-0.2, -0.15) is 0 Å². The molecule has 3 N–H and O–H groups in total. The van der Waals surface area contributed by atoms with Crippen molar-refractivity contribution in [3.63, 3.8) is 0 Å². The third kappa shape index (κ3) is 44.8. The molecule has 60 heavy (non-hydrogen) atoms. The van der Waals surface area contributed by atoms with Crippen molar-refractivity contribution in [1.82, 2.24) is 5.32 Å². The number of amides is 1. The van der Waals surface area contributed by atoms with Crippen LogP contribution in [0.1, 0.15) is 232 Å². The molecule has 0 spiro atoms. The summed E-state index contributed by atoms with van der Waals surface area (Å²) in [6.07, 6.45) is 53.7. The Bertz CT molecular complexity index is 1070. The van der Waals surface area contributed by atoms with Crippen LogP contribution in [0.5, 0.6) is 0 Å². The predicted molar refractivity (Wildman–Crippen MR) is 258 cm³/mol. The molecule has 0 aliphatic heterocycles. The minimum atomic E-state index is -4.34. The van der Waals surface area contributed by atoms with Gasteiger partial charge < -0.3 is 19.8 Å². The van der Waals surface area contributed by atoms with Crippen molar-refractivity contribution in [2.24, 2.45) is 0 Å². The molecule has 0 fully saturated rings. The van der Waals surface area contributed by atoms with E-state index in [1.165, 1.54) is 148 Å². The van der Waals surface area contributed by atoms with Crippen molar-refractivity contribution in [1.29, 1.82) is 0 Å². The molecule has 0 radical (unpaired) electrons. The number of unbranched alkanes of at least 4 members (excludes halogenated alkanes) is 29. The van der Waals surface area contributed by atoms with Crippen LogP contribution in [0.25, 0.3) is 0 Å². The maximum Gasteiger partial charge on any atom is 0.472 e. The predicted octanol–water partition coefficient (Wildman–Crippen LogP) is 14.6.